The molecular formula is C14H11Cl2N3O3. The lowest BCUT2D eigenvalue weighted by Gasteiger charge is -2.09. The quantitative estimate of drug-likeness (QED) is 0.400. The Morgan fingerprint density at radius 3 is 2.64 bits per heavy atom. The van der Waals surface area contributed by atoms with Crippen molar-refractivity contribution < 1.29 is 14.4 Å². The summed E-state index contributed by atoms with van der Waals surface area (Å²) in [5.41, 5.74) is 6.19. The molecule has 0 atom stereocenters. The van der Waals surface area contributed by atoms with Crippen LogP contribution in [0.15, 0.2) is 41.8 Å². The van der Waals surface area contributed by atoms with Crippen LogP contribution in [-0.2, 0) is 4.84 Å². The Kier molecular flexibility index (Phi) is 5.19. The molecule has 1 aromatic carbocycles. The van der Waals surface area contributed by atoms with Gasteiger partial charge in [-0.15, -0.1) is 0 Å². The van der Waals surface area contributed by atoms with E-state index in [-0.39, 0.29) is 27.2 Å². The number of hydrogen-bond donors (Lipinski definition) is 1. The zero-order valence-corrected chi connectivity index (χ0v) is 12.9. The molecular weight excluding hydrogens is 329 g/mol. The van der Waals surface area contributed by atoms with E-state index in [1.165, 1.54) is 25.4 Å². The van der Waals surface area contributed by atoms with E-state index in [1.807, 2.05) is 0 Å². The Balaban J connectivity index is 2.25. The third-order valence-electron chi connectivity index (χ3n) is 2.65. The molecule has 2 aromatic rings. The van der Waals surface area contributed by atoms with E-state index < -0.39 is 5.97 Å². The lowest BCUT2D eigenvalue weighted by Crippen LogP contribution is -2.15. The number of rotatable bonds is 4. The van der Waals surface area contributed by atoms with Crippen LogP contribution in [0.5, 0.6) is 5.75 Å². The van der Waals surface area contributed by atoms with Crippen molar-refractivity contribution in [1.29, 1.82) is 0 Å². The largest absolute Gasteiger partial charge is 0.494 e. The number of pyridine rings is 1. The lowest BCUT2D eigenvalue weighted by molar-refractivity contribution is 0.0512. The number of hydrogen-bond acceptors (Lipinski definition) is 5. The van der Waals surface area contributed by atoms with Crippen LogP contribution in [0, 0.1) is 0 Å². The summed E-state index contributed by atoms with van der Waals surface area (Å²) >= 11 is 11.9. The summed E-state index contributed by atoms with van der Waals surface area (Å²) in [6.45, 7) is 0. The van der Waals surface area contributed by atoms with Crippen molar-refractivity contribution >= 4 is 35.0 Å². The maximum atomic E-state index is 12.1. The first-order valence-corrected chi connectivity index (χ1v) is 6.77. The minimum absolute atomic E-state index is 0.00133. The van der Waals surface area contributed by atoms with E-state index in [9.17, 15) is 4.79 Å². The van der Waals surface area contributed by atoms with Crippen molar-refractivity contribution in [2.45, 2.75) is 0 Å². The summed E-state index contributed by atoms with van der Waals surface area (Å²) in [7, 11) is 1.36. The molecule has 1 heterocycles. The van der Waals surface area contributed by atoms with Crippen molar-refractivity contribution in [2.24, 2.45) is 10.9 Å². The van der Waals surface area contributed by atoms with Crippen molar-refractivity contribution in [3.05, 3.63) is 57.8 Å². The van der Waals surface area contributed by atoms with Gasteiger partial charge in [0.15, 0.2) is 11.6 Å². The van der Waals surface area contributed by atoms with E-state index in [0.29, 0.717) is 5.56 Å². The number of oxime groups is 1. The van der Waals surface area contributed by atoms with Gasteiger partial charge in [-0.25, -0.2) is 4.79 Å². The molecule has 22 heavy (non-hydrogen) atoms. The van der Waals surface area contributed by atoms with Gasteiger partial charge in [0.2, 0.25) is 0 Å². The highest BCUT2D eigenvalue weighted by Crippen LogP contribution is 2.34. The van der Waals surface area contributed by atoms with Crippen LogP contribution < -0.4 is 10.5 Å². The molecule has 0 fully saturated rings. The summed E-state index contributed by atoms with van der Waals surface area (Å²) in [5.74, 6) is -0.732. The smallest absolute Gasteiger partial charge is 0.371 e. The Labute approximate surface area is 136 Å². The van der Waals surface area contributed by atoms with Gasteiger partial charge in [-0.1, -0.05) is 28.4 Å². The summed E-state index contributed by atoms with van der Waals surface area (Å²) in [6, 6.07) is 6.31. The maximum Gasteiger partial charge on any atom is 0.371 e. The highest BCUT2D eigenvalue weighted by Gasteiger charge is 2.21. The molecule has 2 N–H and O–H groups in total. The standard InChI is InChI=1S/C14H11Cl2N3O3/c1-21-12-10(16)5-4-9(15)11(12)14(20)22-19-13(17)8-3-2-6-18-7-8/h2-7H,1H3,(H2,17,19). The molecule has 1 aromatic heterocycles. The monoisotopic (exact) mass is 339 g/mol. The number of nitrogens with zero attached hydrogens (tertiary/aromatic N) is 2. The van der Waals surface area contributed by atoms with E-state index >= 15 is 0 Å². The highest BCUT2D eigenvalue weighted by molar-refractivity contribution is 6.37. The van der Waals surface area contributed by atoms with Crippen LogP contribution >= 0.6 is 23.2 Å². The SMILES string of the molecule is COc1c(Cl)ccc(Cl)c1C(=O)O/N=C(\N)c1cccnc1. The molecule has 0 aliphatic rings. The summed E-state index contributed by atoms with van der Waals surface area (Å²) in [5, 5.41) is 3.92. The Hall–Kier alpha value is -2.31. The summed E-state index contributed by atoms with van der Waals surface area (Å²) in [4.78, 5) is 20.8. The van der Waals surface area contributed by atoms with Gasteiger partial charge in [0.1, 0.15) is 5.56 Å². The normalized spacial score (nSPS) is 11.1. The second-order valence-electron chi connectivity index (χ2n) is 4.03. The van der Waals surface area contributed by atoms with Gasteiger partial charge >= 0.3 is 5.97 Å². The molecule has 8 heteroatoms. The molecule has 0 unspecified atom stereocenters. The molecule has 2 rings (SSSR count). The minimum atomic E-state index is -0.837. The predicted octanol–water partition coefficient (Wildman–Crippen LogP) is 2.87. The lowest BCUT2D eigenvalue weighted by atomic mass is 10.2. The molecule has 0 aliphatic heterocycles. The van der Waals surface area contributed by atoms with Crippen LogP contribution in [0.3, 0.4) is 0 Å². The van der Waals surface area contributed by atoms with Gasteiger partial charge in [-0.3, -0.25) is 4.98 Å². The molecule has 0 radical (unpaired) electrons. The third-order valence-corrected chi connectivity index (χ3v) is 3.26. The van der Waals surface area contributed by atoms with E-state index in [1.54, 1.807) is 18.3 Å². The van der Waals surface area contributed by atoms with E-state index in [0.717, 1.165) is 0 Å². The van der Waals surface area contributed by atoms with Crippen molar-refractivity contribution in [3.63, 3.8) is 0 Å². The average molecular weight is 340 g/mol. The minimum Gasteiger partial charge on any atom is -0.494 e. The first kappa shape index (κ1) is 16.1. The van der Waals surface area contributed by atoms with Crippen LogP contribution in [-0.4, -0.2) is 23.9 Å². The number of halogens is 2. The summed E-state index contributed by atoms with van der Waals surface area (Å²) < 4.78 is 5.06. The fourth-order valence-corrected chi connectivity index (χ4v) is 2.09. The van der Waals surface area contributed by atoms with Crippen molar-refractivity contribution in [2.75, 3.05) is 7.11 Å². The van der Waals surface area contributed by atoms with Gasteiger partial charge in [0.25, 0.3) is 0 Å². The first-order chi connectivity index (χ1) is 10.5. The Bertz CT molecular complexity index is 721. The number of nitrogens with two attached hydrogens (primary N) is 1. The number of methoxy groups -OCH3 is 1. The fraction of sp³-hybridized carbons (Fsp3) is 0.0714. The van der Waals surface area contributed by atoms with E-state index in [2.05, 4.69) is 10.1 Å². The number of benzene rings is 1. The number of carbonyl (C=O) groups is 1. The highest BCUT2D eigenvalue weighted by atomic mass is 35.5. The van der Waals surface area contributed by atoms with Crippen molar-refractivity contribution in [1.82, 2.24) is 4.98 Å². The average Bonchev–Trinajstić information content (AvgIpc) is 2.54. The molecule has 0 saturated heterocycles. The van der Waals surface area contributed by atoms with Crippen molar-refractivity contribution in [3.8, 4) is 5.75 Å². The fourth-order valence-electron chi connectivity index (χ4n) is 1.63. The van der Waals surface area contributed by atoms with Crippen LogP contribution in [0.2, 0.25) is 10.0 Å². The maximum absolute atomic E-state index is 12.1. The second-order valence-corrected chi connectivity index (χ2v) is 4.85. The molecule has 0 saturated carbocycles. The summed E-state index contributed by atoms with van der Waals surface area (Å²) in [6.07, 6.45) is 3.07. The first-order valence-electron chi connectivity index (χ1n) is 6.01. The molecule has 0 aliphatic carbocycles. The number of aromatic nitrogens is 1. The van der Waals surface area contributed by atoms with Gasteiger partial charge in [0, 0.05) is 18.0 Å². The Morgan fingerprint density at radius 1 is 1.27 bits per heavy atom. The van der Waals surface area contributed by atoms with Gasteiger partial charge < -0.3 is 15.3 Å². The third kappa shape index (κ3) is 3.47. The van der Waals surface area contributed by atoms with Gasteiger partial charge in [0.05, 0.1) is 17.2 Å². The predicted molar refractivity (Wildman–Crippen MR) is 83.4 cm³/mol. The van der Waals surface area contributed by atoms with E-state index in [4.69, 9.17) is 38.5 Å². The van der Waals surface area contributed by atoms with Crippen LogP contribution in [0.4, 0.5) is 0 Å². The molecule has 114 valence electrons. The zero-order chi connectivity index (χ0) is 16.1. The topological polar surface area (TPSA) is 86.8 Å². The molecule has 0 bridgehead atoms. The van der Waals surface area contributed by atoms with Gasteiger partial charge in [-0.05, 0) is 24.3 Å². The Morgan fingerprint density at radius 2 is 2.00 bits per heavy atom. The molecule has 0 spiro atoms. The van der Waals surface area contributed by atoms with Crippen LogP contribution in [0.25, 0.3) is 0 Å². The molecule has 6 nitrogen and oxygen atoms in total. The second kappa shape index (κ2) is 7.11. The zero-order valence-electron chi connectivity index (χ0n) is 11.4. The van der Waals surface area contributed by atoms with Crippen LogP contribution in [0.1, 0.15) is 15.9 Å². The molecule has 0 amide bonds. The number of amidine groups is 1. The van der Waals surface area contributed by atoms with Gasteiger partial charge in [-0.2, -0.15) is 0 Å². The number of ether oxygens (including phenoxy) is 1. The number of carbonyl (C=O) groups excluding carboxylic acids is 1.